The molecule has 0 spiro atoms. The van der Waals surface area contributed by atoms with E-state index >= 15 is 0 Å². The van der Waals surface area contributed by atoms with Crippen LogP contribution >= 0.6 is 0 Å². The van der Waals surface area contributed by atoms with Gasteiger partial charge in [-0.1, -0.05) is 29.8 Å². The van der Waals surface area contributed by atoms with Gasteiger partial charge in [-0.3, -0.25) is 0 Å². The molecule has 0 bridgehead atoms. The van der Waals surface area contributed by atoms with Crippen molar-refractivity contribution in [1.29, 1.82) is 0 Å². The molecule has 0 fully saturated rings. The van der Waals surface area contributed by atoms with Crippen molar-refractivity contribution >= 4 is 0 Å². The minimum atomic E-state index is 1.29. The van der Waals surface area contributed by atoms with Gasteiger partial charge in [0.2, 0.25) is 0 Å². The summed E-state index contributed by atoms with van der Waals surface area (Å²) in [5, 5.41) is 0. The van der Waals surface area contributed by atoms with Crippen molar-refractivity contribution in [2.45, 2.75) is 34.6 Å². The third kappa shape index (κ3) is 2.31. The van der Waals surface area contributed by atoms with E-state index in [1.807, 2.05) is 0 Å². The van der Waals surface area contributed by atoms with Gasteiger partial charge in [0.1, 0.15) is 7.05 Å². The minimum absolute atomic E-state index is 1.29. The Labute approximate surface area is 133 Å². The first-order valence-corrected chi connectivity index (χ1v) is 7.86. The van der Waals surface area contributed by atoms with Crippen LogP contribution in [0, 0.1) is 34.6 Å². The summed E-state index contributed by atoms with van der Waals surface area (Å²) in [6.07, 6.45) is 0. The zero-order valence-corrected chi connectivity index (χ0v) is 14.4. The molecule has 0 aromatic carbocycles. The summed E-state index contributed by atoms with van der Waals surface area (Å²) in [7, 11) is 2.12. The number of hydrogen-bond acceptors (Lipinski definition) is 0. The largest absolute Gasteiger partial charge is 0.203 e. The van der Waals surface area contributed by atoms with Crippen molar-refractivity contribution in [3.8, 4) is 22.3 Å². The fourth-order valence-corrected chi connectivity index (χ4v) is 3.47. The fourth-order valence-electron chi connectivity index (χ4n) is 3.47. The molecule has 3 rings (SSSR count). The van der Waals surface area contributed by atoms with Crippen LogP contribution in [-0.2, 0) is 7.05 Å². The predicted molar refractivity (Wildman–Crippen MR) is 93.4 cm³/mol. The zero-order valence-electron chi connectivity index (χ0n) is 14.4. The van der Waals surface area contributed by atoms with E-state index in [4.69, 9.17) is 0 Å². The smallest absolute Gasteiger partial charge is 0.178 e. The molecular weight excluding hydrogens is 266 g/mol. The molecule has 1 heteroatoms. The van der Waals surface area contributed by atoms with E-state index in [-0.39, 0.29) is 0 Å². The third-order valence-corrected chi connectivity index (χ3v) is 4.76. The van der Waals surface area contributed by atoms with Gasteiger partial charge in [-0.25, -0.2) is 4.57 Å². The molecule has 1 aromatic rings. The first kappa shape index (κ1) is 14.8. The second kappa shape index (κ2) is 5.24. The third-order valence-electron chi connectivity index (χ3n) is 4.76. The Kier molecular flexibility index (Phi) is 3.52. The fraction of sp³-hybridized carbons (Fsp3) is 0.286. The average molecular weight is 290 g/mol. The molecule has 0 radical (unpaired) electrons. The summed E-state index contributed by atoms with van der Waals surface area (Å²) in [5.74, 6) is 0. The molecule has 2 aliphatic rings. The molecule has 0 N–H and O–H groups in total. The molecule has 0 amide bonds. The summed E-state index contributed by atoms with van der Waals surface area (Å²) in [5.41, 5.74) is 12.0. The van der Waals surface area contributed by atoms with Gasteiger partial charge in [0, 0.05) is 26.0 Å². The van der Waals surface area contributed by atoms with Gasteiger partial charge >= 0.3 is 0 Å². The van der Waals surface area contributed by atoms with Gasteiger partial charge in [-0.05, 0) is 54.2 Å². The molecule has 2 aliphatic carbocycles. The highest BCUT2D eigenvalue weighted by Crippen LogP contribution is 2.39. The lowest BCUT2D eigenvalue weighted by atomic mass is 9.97. The quantitative estimate of drug-likeness (QED) is 0.565. The van der Waals surface area contributed by atoms with Crippen LogP contribution in [0.25, 0.3) is 22.3 Å². The van der Waals surface area contributed by atoms with Crippen LogP contribution in [0.15, 0.2) is 36.4 Å². The number of pyridine rings is 1. The van der Waals surface area contributed by atoms with Crippen molar-refractivity contribution < 1.29 is 4.57 Å². The Balaban J connectivity index is 2.32. The number of aromatic nitrogens is 1. The van der Waals surface area contributed by atoms with Crippen molar-refractivity contribution in [3.05, 3.63) is 64.5 Å². The topological polar surface area (TPSA) is 3.88 Å². The first-order valence-electron chi connectivity index (χ1n) is 7.86. The van der Waals surface area contributed by atoms with Gasteiger partial charge < -0.3 is 0 Å². The monoisotopic (exact) mass is 290 g/mol. The van der Waals surface area contributed by atoms with Crippen molar-refractivity contribution in [3.63, 3.8) is 0 Å². The second-order valence-corrected chi connectivity index (χ2v) is 6.52. The molecule has 1 nitrogen and oxygen atoms in total. The van der Waals surface area contributed by atoms with Crippen molar-refractivity contribution in [2.24, 2.45) is 7.05 Å². The molecule has 0 aliphatic heterocycles. The summed E-state index contributed by atoms with van der Waals surface area (Å²) >= 11 is 0. The lowest BCUT2D eigenvalue weighted by Gasteiger charge is -2.08. The van der Waals surface area contributed by atoms with E-state index in [0.717, 1.165) is 0 Å². The van der Waals surface area contributed by atoms with Crippen molar-refractivity contribution in [1.82, 2.24) is 0 Å². The SMILES string of the molecule is Cc1cc(C)c2ccc(-c3cc(C)[n+](C)c(C)c3)c-2c(C)c1. The lowest BCUT2D eigenvalue weighted by molar-refractivity contribution is -0.683. The van der Waals surface area contributed by atoms with E-state index in [9.17, 15) is 0 Å². The van der Waals surface area contributed by atoms with Gasteiger partial charge in [0.15, 0.2) is 11.4 Å². The minimum Gasteiger partial charge on any atom is -0.203 e. The van der Waals surface area contributed by atoms with Crippen LogP contribution in [0.2, 0.25) is 0 Å². The molecule has 112 valence electrons. The van der Waals surface area contributed by atoms with Crippen LogP contribution in [0.4, 0.5) is 0 Å². The molecule has 22 heavy (non-hydrogen) atoms. The lowest BCUT2D eigenvalue weighted by Crippen LogP contribution is -2.35. The Hall–Kier alpha value is -2.15. The van der Waals surface area contributed by atoms with Crippen molar-refractivity contribution in [2.75, 3.05) is 0 Å². The van der Waals surface area contributed by atoms with E-state index in [0.29, 0.717) is 0 Å². The summed E-state index contributed by atoms with van der Waals surface area (Å²) in [4.78, 5) is 0. The van der Waals surface area contributed by atoms with Crippen LogP contribution < -0.4 is 4.57 Å². The second-order valence-electron chi connectivity index (χ2n) is 6.52. The maximum Gasteiger partial charge on any atom is 0.178 e. The standard InChI is InChI=1S/C21H24N/c1-13-9-14(2)19-7-8-20(21(19)15(3)10-13)18-11-16(4)22(6)17(5)12-18/h7-12H,1-6H3/q+1. The molecule has 0 unspecified atom stereocenters. The number of hydrogen-bond donors (Lipinski definition) is 0. The van der Waals surface area contributed by atoms with Gasteiger partial charge in [-0.15, -0.1) is 0 Å². The molecule has 0 saturated heterocycles. The summed E-state index contributed by atoms with van der Waals surface area (Å²) < 4.78 is 2.23. The van der Waals surface area contributed by atoms with E-state index in [1.165, 1.54) is 50.3 Å². The van der Waals surface area contributed by atoms with Gasteiger partial charge in [0.25, 0.3) is 0 Å². The molecule has 1 heterocycles. The highest BCUT2D eigenvalue weighted by atomic mass is 14.9. The van der Waals surface area contributed by atoms with E-state index < -0.39 is 0 Å². The number of aryl methyl sites for hydroxylation is 5. The molecular formula is C21H24N+. The Bertz CT molecular complexity index is 820. The summed E-state index contributed by atoms with van der Waals surface area (Å²) in [6, 6.07) is 13.7. The van der Waals surface area contributed by atoms with E-state index in [1.54, 1.807) is 0 Å². The maximum atomic E-state index is 2.29. The maximum absolute atomic E-state index is 2.29. The van der Waals surface area contributed by atoms with Gasteiger partial charge in [0.05, 0.1) is 0 Å². The van der Waals surface area contributed by atoms with E-state index in [2.05, 4.69) is 82.6 Å². The predicted octanol–water partition coefficient (Wildman–Crippen LogP) is 4.83. The highest BCUT2D eigenvalue weighted by molar-refractivity contribution is 5.89. The Morgan fingerprint density at radius 1 is 0.682 bits per heavy atom. The van der Waals surface area contributed by atoms with Crippen LogP contribution in [-0.4, -0.2) is 0 Å². The van der Waals surface area contributed by atoms with Crippen LogP contribution in [0.5, 0.6) is 0 Å². The van der Waals surface area contributed by atoms with Crippen LogP contribution in [0.3, 0.4) is 0 Å². The summed E-state index contributed by atoms with van der Waals surface area (Å²) in [6.45, 7) is 10.9. The molecule has 1 aromatic heterocycles. The number of nitrogens with zero attached hydrogens (tertiary/aromatic N) is 1. The van der Waals surface area contributed by atoms with Crippen LogP contribution in [0.1, 0.15) is 28.1 Å². The molecule has 0 saturated carbocycles. The highest BCUT2D eigenvalue weighted by Gasteiger charge is 2.17. The number of rotatable bonds is 1. The normalized spacial score (nSPS) is 11.2. The molecule has 0 atom stereocenters. The number of fused-ring (bicyclic) bond motifs is 1. The Morgan fingerprint density at radius 3 is 1.86 bits per heavy atom. The average Bonchev–Trinajstić information content (AvgIpc) is 2.84. The Morgan fingerprint density at radius 2 is 1.23 bits per heavy atom. The van der Waals surface area contributed by atoms with Gasteiger partial charge in [-0.2, -0.15) is 0 Å². The zero-order chi connectivity index (χ0) is 16.0. The first-order chi connectivity index (χ1) is 10.4.